The molecule has 0 fully saturated rings. The fraction of sp³-hybridized carbons (Fsp3) is 0.385. The molecular weight excluding hydrogens is 156 g/mol. The van der Waals surface area contributed by atoms with Gasteiger partial charge >= 0.3 is 0 Å². The first-order valence-corrected chi connectivity index (χ1v) is 5.23. The maximum absolute atomic E-state index is 2.46. The average Bonchev–Trinajstić information content (AvgIpc) is 2.56. The van der Waals surface area contributed by atoms with E-state index >= 15 is 0 Å². The second kappa shape index (κ2) is 2.73. The normalized spacial score (nSPS) is 24.9. The number of allylic oxidation sites excluding steroid dienone is 2. The molecular formula is C13H14. The molecule has 0 spiro atoms. The fourth-order valence-electron chi connectivity index (χ4n) is 2.73. The Morgan fingerprint density at radius 2 is 2.08 bits per heavy atom. The first kappa shape index (κ1) is 7.37. The van der Waals surface area contributed by atoms with Gasteiger partial charge in [0.25, 0.3) is 0 Å². The molecule has 0 heteroatoms. The van der Waals surface area contributed by atoms with Crippen molar-refractivity contribution in [3.05, 3.63) is 41.5 Å². The van der Waals surface area contributed by atoms with E-state index in [0.29, 0.717) is 0 Å². The molecule has 1 aromatic carbocycles. The Morgan fingerprint density at radius 1 is 1.15 bits per heavy atom. The van der Waals surface area contributed by atoms with Crippen molar-refractivity contribution in [3.8, 4) is 0 Å². The summed E-state index contributed by atoms with van der Waals surface area (Å²) in [5, 5.41) is 0. The number of hydrogen-bond acceptors (Lipinski definition) is 0. The molecule has 0 saturated heterocycles. The summed E-state index contributed by atoms with van der Waals surface area (Å²) in [4.78, 5) is 0. The van der Waals surface area contributed by atoms with Gasteiger partial charge in [-0.15, -0.1) is 0 Å². The molecule has 2 aliphatic rings. The monoisotopic (exact) mass is 170 g/mol. The van der Waals surface area contributed by atoms with Gasteiger partial charge < -0.3 is 0 Å². The second-order valence-corrected chi connectivity index (χ2v) is 4.15. The van der Waals surface area contributed by atoms with Crippen LogP contribution in [0.15, 0.2) is 30.3 Å². The Hall–Kier alpha value is -1.04. The van der Waals surface area contributed by atoms with Crippen LogP contribution in [-0.2, 0) is 6.42 Å². The lowest BCUT2D eigenvalue weighted by Crippen LogP contribution is -2.02. The van der Waals surface area contributed by atoms with Crippen molar-refractivity contribution in [3.63, 3.8) is 0 Å². The Labute approximate surface area is 79.3 Å². The van der Waals surface area contributed by atoms with E-state index in [1.807, 2.05) is 0 Å². The maximum Gasteiger partial charge on any atom is -0.0118 e. The summed E-state index contributed by atoms with van der Waals surface area (Å²) in [6.07, 6.45) is 7.84. The van der Waals surface area contributed by atoms with Crippen LogP contribution in [-0.4, -0.2) is 0 Å². The fourth-order valence-corrected chi connectivity index (χ4v) is 2.73. The molecule has 3 rings (SSSR count). The second-order valence-electron chi connectivity index (χ2n) is 4.15. The minimum absolute atomic E-state index is 0.853. The van der Waals surface area contributed by atoms with Crippen molar-refractivity contribution in [1.29, 1.82) is 0 Å². The number of benzene rings is 1. The zero-order valence-electron chi connectivity index (χ0n) is 7.79. The van der Waals surface area contributed by atoms with E-state index in [-0.39, 0.29) is 0 Å². The van der Waals surface area contributed by atoms with Crippen molar-refractivity contribution in [1.82, 2.24) is 0 Å². The molecule has 1 atom stereocenters. The molecule has 0 saturated carbocycles. The predicted molar refractivity (Wildman–Crippen MR) is 55.5 cm³/mol. The van der Waals surface area contributed by atoms with Crippen LogP contribution in [0.2, 0.25) is 0 Å². The Balaban J connectivity index is 2.13. The molecule has 0 amide bonds. The van der Waals surface area contributed by atoms with E-state index in [0.717, 1.165) is 5.92 Å². The molecule has 0 bridgehead atoms. The highest BCUT2D eigenvalue weighted by Crippen LogP contribution is 2.42. The zero-order chi connectivity index (χ0) is 8.67. The summed E-state index contributed by atoms with van der Waals surface area (Å²) in [5.74, 6) is 0.853. The third kappa shape index (κ3) is 1.05. The van der Waals surface area contributed by atoms with Gasteiger partial charge in [0.05, 0.1) is 0 Å². The molecule has 0 N–H and O–H groups in total. The number of hydrogen-bond donors (Lipinski definition) is 0. The Kier molecular flexibility index (Phi) is 1.55. The van der Waals surface area contributed by atoms with Crippen LogP contribution >= 0.6 is 0 Å². The first-order chi connectivity index (χ1) is 6.45. The first-order valence-electron chi connectivity index (χ1n) is 5.23. The quantitative estimate of drug-likeness (QED) is 0.559. The lowest BCUT2D eigenvalue weighted by molar-refractivity contribution is 0.573. The van der Waals surface area contributed by atoms with Crippen LogP contribution in [0, 0.1) is 5.92 Å². The average molecular weight is 170 g/mol. The van der Waals surface area contributed by atoms with Crippen LogP contribution in [0.25, 0.3) is 5.57 Å². The highest BCUT2D eigenvalue weighted by atomic mass is 14.3. The Bertz CT molecular complexity index is 360. The summed E-state index contributed by atoms with van der Waals surface area (Å²) in [5.41, 5.74) is 4.75. The van der Waals surface area contributed by atoms with Crippen molar-refractivity contribution in [2.75, 3.05) is 0 Å². The summed E-state index contributed by atoms with van der Waals surface area (Å²) in [7, 11) is 0. The minimum Gasteiger partial charge on any atom is -0.0804 e. The van der Waals surface area contributed by atoms with E-state index in [9.17, 15) is 0 Å². The highest BCUT2D eigenvalue weighted by Gasteiger charge is 2.27. The van der Waals surface area contributed by atoms with Crippen LogP contribution in [0.1, 0.15) is 30.4 Å². The van der Waals surface area contributed by atoms with Gasteiger partial charge in [-0.2, -0.15) is 0 Å². The molecule has 0 aromatic heterocycles. The highest BCUT2D eigenvalue weighted by molar-refractivity contribution is 5.74. The van der Waals surface area contributed by atoms with Gasteiger partial charge in [-0.25, -0.2) is 0 Å². The van der Waals surface area contributed by atoms with Gasteiger partial charge in [0.15, 0.2) is 0 Å². The summed E-state index contributed by atoms with van der Waals surface area (Å²) in [6.45, 7) is 0. The molecule has 0 aliphatic heterocycles. The molecule has 1 aromatic rings. The maximum atomic E-state index is 2.46. The van der Waals surface area contributed by atoms with Crippen LogP contribution in [0.4, 0.5) is 0 Å². The molecule has 0 nitrogen and oxygen atoms in total. The molecule has 2 aliphatic carbocycles. The van der Waals surface area contributed by atoms with E-state index in [2.05, 4.69) is 30.3 Å². The van der Waals surface area contributed by atoms with Crippen molar-refractivity contribution >= 4 is 5.57 Å². The van der Waals surface area contributed by atoms with Crippen molar-refractivity contribution in [2.24, 2.45) is 5.92 Å². The SMILES string of the molecule is C1=C2c3ccccc3CC2CCC1. The summed E-state index contributed by atoms with van der Waals surface area (Å²) in [6, 6.07) is 8.90. The summed E-state index contributed by atoms with van der Waals surface area (Å²) < 4.78 is 0. The smallest absolute Gasteiger partial charge is 0.0118 e. The molecule has 0 heterocycles. The molecule has 66 valence electrons. The van der Waals surface area contributed by atoms with Crippen molar-refractivity contribution < 1.29 is 0 Å². The number of rotatable bonds is 0. The molecule has 1 unspecified atom stereocenters. The van der Waals surface area contributed by atoms with Gasteiger partial charge in [-0.3, -0.25) is 0 Å². The summed E-state index contributed by atoms with van der Waals surface area (Å²) >= 11 is 0. The predicted octanol–water partition coefficient (Wildman–Crippen LogP) is 3.43. The van der Waals surface area contributed by atoms with Gasteiger partial charge in [-0.1, -0.05) is 30.3 Å². The molecule has 13 heavy (non-hydrogen) atoms. The van der Waals surface area contributed by atoms with E-state index in [1.165, 1.54) is 31.2 Å². The molecule has 0 radical (unpaired) electrons. The lowest BCUT2D eigenvalue weighted by atomic mass is 9.88. The Morgan fingerprint density at radius 3 is 3.08 bits per heavy atom. The van der Waals surface area contributed by atoms with E-state index in [4.69, 9.17) is 0 Å². The van der Waals surface area contributed by atoms with Gasteiger partial charge in [0, 0.05) is 0 Å². The third-order valence-corrected chi connectivity index (χ3v) is 3.36. The third-order valence-electron chi connectivity index (χ3n) is 3.36. The largest absolute Gasteiger partial charge is 0.0804 e. The van der Waals surface area contributed by atoms with E-state index in [1.54, 1.807) is 11.1 Å². The van der Waals surface area contributed by atoms with Gasteiger partial charge in [0.1, 0.15) is 0 Å². The van der Waals surface area contributed by atoms with Gasteiger partial charge in [0.2, 0.25) is 0 Å². The topological polar surface area (TPSA) is 0 Å². The van der Waals surface area contributed by atoms with Crippen LogP contribution in [0.3, 0.4) is 0 Å². The minimum atomic E-state index is 0.853. The van der Waals surface area contributed by atoms with E-state index < -0.39 is 0 Å². The van der Waals surface area contributed by atoms with Crippen molar-refractivity contribution in [2.45, 2.75) is 25.7 Å². The standard InChI is InChI=1S/C13H14/c1-3-7-12-10(5-1)9-11-6-2-4-8-13(11)12/h1,3,5,7-8,11H,2,4,6,9H2. The van der Waals surface area contributed by atoms with Gasteiger partial charge in [-0.05, 0) is 48.3 Å². The lowest BCUT2D eigenvalue weighted by Gasteiger charge is -2.16. The van der Waals surface area contributed by atoms with Crippen LogP contribution < -0.4 is 0 Å². The van der Waals surface area contributed by atoms with Crippen LogP contribution in [0.5, 0.6) is 0 Å². The number of fused-ring (bicyclic) bond motifs is 3. The zero-order valence-corrected chi connectivity index (χ0v) is 7.79.